The number of nitrogens with one attached hydrogen (secondary N) is 2. The molecule has 2 aromatic carbocycles. The fourth-order valence-corrected chi connectivity index (χ4v) is 2.97. The Morgan fingerprint density at radius 2 is 2.00 bits per heavy atom. The molecule has 2 N–H and O–H groups in total. The number of para-hydroxylation sites is 1. The molecule has 28 heavy (non-hydrogen) atoms. The summed E-state index contributed by atoms with van der Waals surface area (Å²) in [7, 11) is 0. The number of thiocarbonyl (C=S) groups is 1. The number of amides is 1. The number of anilines is 1. The third-order valence-electron chi connectivity index (χ3n) is 4.14. The molecule has 0 unspecified atom stereocenters. The summed E-state index contributed by atoms with van der Waals surface area (Å²) in [5.74, 6) is 0.0530. The van der Waals surface area contributed by atoms with Crippen molar-refractivity contribution < 1.29 is 19.2 Å². The van der Waals surface area contributed by atoms with E-state index in [1.54, 1.807) is 30.3 Å². The number of ether oxygens (including phenoxy) is 2. The molecule has 2 aromatic rings. The lowest BCUT2D eigenvalue weighted by molar-refractivity contribution is -0.385. The summed E-state index contributed by atoms with van der Waals surface area (Å²) < 4.78 is 11.2. The molecule has 1 fully saturated rings. The first-order valence-electron chi connectivity index (χ1n) is 8.73. The lowest BCUT2D eigenvalue weighted by Gasteiger charge is -2.13. The van der Waals surface area contributed by atoms with Crippen molar-refractivity contribution in [2.75, 3.05) is 18.5 Å². The largest absolute Gasteiger partial charge is 0.491 e. The molecule has 0 spiro atoms. The number of benzene rings is 2. The molecule has 0 aromatic heterocycles. The van der Waals surface area contributed by atoms with Gasteiger partial charge in [0.2, 0.25) is 0 Å². The molecular formula is C19H19N3O5S. The molecule has 1 atom stereocenters. The summed E-state index contributed by atoms with van der Waals surface area (Å²) in [5, 5.41) is 16.4. The highest BCUT2D eigenvalue weighted by atomic mass is 32.1. The van der Waals surface area contributed by atoms with Gasteiger partial charge in [-0.2, -0.15) is 0 Å². The van der Waals surface area contributed by atoms with Crippen LogP contribution in [0.3, 0.4) is 0 Å². The molecule has 3 rings (SSSR count). The van der Waals surface area contributed by atoms with Crippen molar-refractivity contribution in [3.05, 3.63) is 64.2 Å². The maximum atomic E-state index is 12.3. The minimum absolute atomic E-state index is 0.0381. The predicted octanol–water partition coefficient (Wildman–Crippen LogP) is 3.28. The minimum Gasteiger partial charge on any atom is -0.491 e. The number of hydrogen-bond acceptors (Lipinski definition) is 6. The van der Waals surface area contributed by atoms with Gasteiger partial charge in [-0.1, -0.05) is 12.1 Å². The fraction of sp³-hybridized carbons (Fsp3) is 0.263. The molecule has 1 aliphatic heterocycles. The Hall–Kier alpha value is -3.04. The lowest BCUT2D eigenvalue weighted by Crippen LogP contribution is -2.34. The first-order valence-corrected chi connectivity index (χ1v) is 9.14. The van der Waals surface area contributed by atoms with E-state index in [-0.39, 0.29) is 22.5 Å². The molecule has 0 saturated carbocycles. The summed E-state index contributed by atoms with van der Waals surface area (Å²) in [6, 6.07) is 12.8. The lowest BCUT2D eigenvalue weighted by atomic mass is 10.1. The zero-order valence-electron chi connectivity index (χ0n) is 14.9. The zero-order valence-corrected chi connectivity index (χ0v) is 15.7. The number of carbonyl (C=O) groups is 1. The summed E-state index contributed by atoms with van der Waals surface area (Å²) in [6.07, 6.45) is 2.21. The van der Waals surface area contributed by atoms with Crippen LogP contribution in [0.5, 0.6) is 5.75 Å². The summed E-state index contributed by atoms with van der Waals surface area (Å²) in [6.45, 7) is 1.29. The predicted molar refractivity (Wildman–Crippen MR) is 108 cm³/mol. The Bertz CT molecular complexity index is 866. The van der Waals surface area contributed by atoms with E-state index in [1.807, 2.05) is 0 Å². The van der Waals surface area contributed by atoms with Crippen molar-refractivity contribution in [3.63, 3.8) is 0 Å². The topological polar surface area (TPSA) is 103 Å². The van der Waals surface area contributed by atoms with E-state index in [0.29, 0.717) is 18.0 Å². The van der Waals surface area contributed by atoms with Gasteiger partial charge in [0, 0.05) is 18.4 Å². The van der Waals surface area contributed by atoms with E-state index >= 15 is 0 Å². The minimum atomic E-state index is -0.652. The molecule has 9 heteroatoms. The zero-order chi connectivity index (χ0) is 19.9. The third kappa shape index (κ3) is 5.24. The Kier molecular flexibility index (Phi) is 6.51. The van der Waals surface area contributed by atoms with Crippen molar-refractivity contribution in [2.45, 2.75) is 18.9 Å². The van der Waals surface area contributed by atoms with Crippen molar-refractivity contribution >= 4 is 34.6 Å². The van der Waals surface area contributed by atoms with E-state index in [0.717, 1.165) is 19.4 Å². The van der Waals surface area contributed by atoms with Gasteiger partial charge >= 0.3 is 0 Å². The maximum absolute atomic E-state index is 12.3. The number of hydrogen-bond donors (Lipinski definition) is 2. The van der Waals surface area contributed by atoms with Gasteiger partial charge in [-0.25, -0.2) is 0 Å². The number of carbonyl (C=O) groups excluding carboxylic acids is 1. The van der Waals surface area contributed by atoms with Crippen LogP contribution in [0.1, 0.15) is 23.2 Å². The quantitative estimate of drug-likeness (QED) is 0.435. The summed E-state index contributed by atoms with van der Waals surface area (Å²) >= 11 is 5.12. The fourth-order valence-electron chi connectivity index (χ4n) is 2.76. The highest BCUT2D eigenvalue weighted by Gasteiger charge is 2.20. The number of nitro benzene ring substituents is 1. The van der Waals surface area contributed by atoms with E-state index in [9.17, 15) is 14.9 Å². The van der Waals surface area contributed by atoms with Crippen LogP contribution in [-0.4, -0.2) is 35.3 Å². The van der Waals surface area contributed by atoms with E-state index in [4.69, 9.17) is 21.7 Å². The number of rotatable bonds is 6. The van der Waals surface area contributed by atoms with Gasteiger partial charge < -0.3 is 14.8 Å². The maximum Gasteiger partial charge on any atom is 0.282 e. The van der Waals surface area contributed by atoms with Crippen LogP contribution in [-0.2, 0) is 4.74 Å². The second-order valence-corrected chi connectivity index (χ2v) is 6.56. The average molecular weight is 401 g/mol. The van der Waals surface area contributed by atoms with Crippen molar-refractivity contribution in [1.82, 2.24) is 5.32 Å². The van der Waals surface area contributed by atoms with Gasteiger partial charge in [0.25, 0.3) is 11.6 Å². The highest BCUT2D eigenvalue weighted by molar-refractivity contribution is 7.80. The molecule has 1 heterocycles. The number of nitrogens with zero attached hydrogens (tertiary/aromatic N) is 1. The first kappa shape index (κ1) is 19.7. The summed E-state index contributed by atoms with van der Waals surface area (Å²) in [4.78, 5) is 22.7. The Morgan fingerprint density at radius 3 is 2.68 bits per heavy atom. The smallest absolute Gasteiger partial charge is 0.282 e. The molecule has 1 saturated heterocycles. The Balaban J connectivity index is 1.53. The summed E-state index contributed by atoms with van der Waals surface area (Å²) in [5.41, 5.74) is 0.308. The van der Waals surface area contributed by atoms with Crippen molar-refractivity contribution in [1.29, 1.82) is 0 Å². The Morgan fingerprint density at radius 1 is 1.25 bits per heavy atom. The van der Waals surface area contributed by atoms with Crippen LogP contribution in [0.4, 0.5) is 11.4 Å². The monoisotopic (exact) mass is 401 g/mol. The standard InChI is InChI=1S/C19H19N3O5S/c23-18(16-5-1-2-6-17(16)22(24)25)21-19(28)20-13-7-9-14(10-8-13)27-12-15-4-3-11-26-15/h1-2,5-10,15H,3-4,11-12H2,(H2,20,21,23,28)/t15-/m0/s1. The normalized spacial score (nSPS) is 15.6. The Labute approximate surface area is 167 Å². The molecular weight excluding hydrogens is 382 g/mol. The molecule has 0 aliphatic carbocycles. The van der Waals surface area contributed by atoms with Crippen LogP contribution in [0.2, 0.25) is 0 Å². The van der Waals surface area contributed by atoms with Gasteiger partial charge in [-0.05, 0) is 55.4 Å². The van der Waals surface area contributed by atoms with Gasteiger partial charge in [0.1, 0.15) is 17.9 Å². The first-order chi connectivity index (χ1) is 13.5. The molecule has 8 nitrogen and oxygen atoms in total. The van der Waals surface area contributed by atoms with E-state index < -0.39 is 10.8 Å². The molecule has 146 valence electrons. The van der Waals surface area contributed by atoms with Crippen LogP contribution < -0.4 is 15.4 Å². The molecule has 0 bridgehead atoms. The highest BCUT2D eigenvalue weighted by Crippen LogP contribution is 2.19. The second kappa shape index (κ2) is 9.25. The van der Waals surface area contributed by atoms with Gasteiger partial charge in [-0.15, -0.1) is 0 Å². The van der Waals surface area contributed by atoms with Gasteiger partial charge in [0.05, 0.1) is 11.0 Å². The van der Waals surface area contributed by atoms with Gasteiger partial charge in [0.15, 0.2) is 5.11 Å². The van der Waals surface area contributed by atoms with Gasteiger partial charge in [-0.3, -0.25) is 20.2 Å². The molecule has 1 amide bonds. The van der Waals surface area contributed by atoms with Crippen LogP contribution in [0.25, 0.3) is 0 Å². The van der Waals surface area contributed by atoms with E-state index in [1.165, 1.54) is 18.2 Å². The van der Waals surface area contributed by atoms with Crippen LogP contribution in [0.15, 0.2) is 48.5 Å². The second-order valence-electron chi connectivity index (χ2n) is 6.15. The van der Waals surface area contributed by atoms with E-state index in [2.05, 4.69) is 10.6 Å². The van der Waals surface area contributed by atoms with Crippen LogP contribution in [0, 0.1) is 10.1 Å². The van der Waals surface area contributed by atoms with Crippen molar-refractivity contribution in [3.8, 4) is 5.75 Å². The SMILES string of the molecule is O=C(NC(=S)Nc1ccc(OC[C@@H]2CCCO2)cc1)c1ccccc1[N+](=O)[O-]. The molecule has 1 aliphatic rings. The van der Waals surface area contributed by atoms with Crippen LogP contribution >= 0.6 is 12.2 Å². The average Bonchev–Trinajstić information content (AvgIpc) is 3.21. The third-order valence-corrected chi connectivity index (χ3v) is 4.35. The van der Waals surface area contributed by atoms with Crippen molar-refractivity contribution in [2.24, 2.45) is 0 Å². The molecule has 0 radical (unpaired) electrons. The number of nitro groups is 1.